The van der Waals surface area contributed by atoms with Crippen LogP contribution in [0.4, 0.5) is 11.4 Å². The summed E-state index contributed by atoms with van der Waals surface area (Å²) in [6.07, 6.45) is 8.20. The molecule has 5 heteroatoms. The first-order valence-corrected chi connectivity index (χ1v) is 7.25. The van der Waals surface area contributed by atoms with Crippen LogP contribution in [0.25, 0.3) is 0 Å². The van der Waals surface area contributed by atoms with Gasteiger partial charge in [0.25, 0.3) is 0 Å². The Balaban J connectivity index is 1.98. The number of anilines is 2. The van der Waals surface area contributed by atoms with Crippen LogP contribution in [0.2, 0.25) is 0 Å². The number of aromatic nitrogens is 1. The number of nitrogens with two attached hydrogens (primary N) is 1. The molecule has 1 aliphatic rings. The average molecular weight is 314 g/mol. The number of hydrogen-bond acceptors (Lipinski definition) is 4. The fourth-order valence-corrected chi connectivity index (χ4v) is 3.15. The van der Waals surface area contributed by atoms with E-state index in [-0.39, 0.29) is 0 Å². The second-order valence-corrected chi connectivity index (χ2v) is 5.81. The summed E-state index contributed by atoms with van der Waals surface area (Å²) in [4.78, 5) is 4.02. The number of aliphatic hydroxyl groups is 1. The molecule has 1 aromatic rings. The van der Waals surface area contributed by atoms with Gasteiger partial charge in [0.2, 0.25) is 0 Å². The van der Waals surface area contributed by atoms with Crippen molar-refractivity contribution in [1.29, 1.82) is 0 Å². The summed E-state index contributed by atoms with van der Waals surface area (Å²) in [7, 11) is 0. The van der Waals surface area contributed by atoms with Gasteiger partial charge in [-0.3, -0.25) is 4.98 Å². The molecule has 4 N–H and O–H groups in total. The minimum Gasteiger partial charge on any atom is -0.396 e. The van der Waals surface area contributed by atoms with Crippen molar-refractivity contribution in [2.45, 2.75) is 25.7 Å². The molecule has 1 aliphatic carbocycles. The lowest BCUT2D eigenvalue weighted by Gasteiger charge is -2.30. The number of halogens is 1. The zero-order valence-electron chi connectivity index (χ0n) is 10.4. The van der Waals surface area contributed by atoms with Gasteiger partial charge in [-0.15, -0.1) is 0 Å². The van der Waals surface area contributed by atoms with Gasteiger partial charge < -0.3 is 16.2 Å². The molecule has 0 aromatic carbocycles. The minimum absolute atomic E-state index is 0.291. The molecule has 0 radical (unpaired) electrons. The van der Waals surface area contributed by atoms with E-state index in [0.717, 1.165) is 23.1 Å². The SMILES string of the molecule is Nc1cncc(Br)c1NCC1CCCCC1CO. The highest BCUT2D eigenvalue weighted by atomic mass is 79.9. The van der Waals surface area contributed by atoms with Gasteiger partial charge in [0, 0.05) is 19.3 Å². The standard InChI is InChI=1S/C13H20BrN3O/c14-11-6-16-7-12(15)13(11)17-5-9-3-1-2-4-10(9)8-18/h6-7,9-10,18H,1-5,8,15H2,(H,16,17). The first-order valence-electron chi connectivity index (χ1n) is 6.46. The van der Waals surface area contributed by atoms with Crippen molar-refractivity contribution >= 4 is 27.3 Å². The third kappa shape index (κ3) is 3.14. The van der Waals surface area contributed by atoms with Crippen LogP contribution in [0, 0.1) is 11.8 Å². The minimum atomic E-state index is 0.291. The van der Waals surface area contributed by atoms with E-state index in [2.05, 4.69) is 26.2 Å². The van der Waals surface area contributed by atoms with Crippen LogP contribution in [-0.4, -0.2) is 23.2 Å². The van der Waals surface area contributed by atoms with Crippen LogP contribution in [0.15, 0.2) is 16.9 Å². The molecule has 1 heterocycles. The van der Waals surface area contributed by atoms with Gasteiger partial charge in [-0.2, -0.15) is 0 Å². The predicted octanol–water partition coefficient (Wildman–Crippen LogP) is 2.64. The lowest BCUT2D eigenvalue weighted by Crippen LogP contribution is -2.28. The highest BCUT2D eigenvalue weighted by Gasteiger charge is 2.24. The van der Waals surface area contributed by atoms with Crippen LogP contribution >= 0.6 is 15.9 Å². The zero-order valence-corrected chi connectivity index (χ0v) is 12.0. The van der Waals surface area contributed by atoms with Gasteiger partial charge in [-0.05, 0) is 40.6 Å². The van der Waals surface area contributed by atoms with Gasteiger partial charge in [0.05, 0.1) is 22.0 Å². The normalized spacial score (nSPS) is 23.9. The molecule has 1 aromatic heterocycles. The first-order chi connectivity index (χ1) is 8.72. The molecule has 2 rings (SSSR count). The lowest BCUT2D eigenvalue weighted by molar-refractivity contribution is 0.141. The summed E-state index contributed by atoms with van der Waals surface area (Å²) in [5, 5.41) is 12.8. The van der Waals surface area contributed by atoms with Crippen molar-refractivity contribution in [3.63, 3.8) is 0 Å². The van der Waals surface area contributed by atoms with E-state index in [1.807, 2.05) is 0 Å². The molecule has 18 heavy (non-hydrogen) atoms. The Kier molecular flexibility index (Phi) is 4.83. The quantitative estimate of drug-likeness (QED) is 0.799. The molecule has 1 fully saturated rings. The van der Waals surface area contributed by atoms with Gasteiger partial charge in [-0.25, -0.2) is 0 Å². The van der Waals surface area contributed by atoms with Gasteiger partial charge >= 0.3 is 0 Å². The number of pyridine rings is 1. The Bertz CT molecular complexity index is 380. The third-order valence-corrected chi connectivity index (χ3v) is 4.37. The maximum absolute atomic E-state index is 9.40. The molecule has 0 saturated heterocycles. The van der Waals surface area contributed by atoms with Crippen molar-refractivity contribution < 1.29 is 5.11 Å². The molecule has 0 aliphatic heterocycles. The summed E-state index contributed by atoms with van der Waals surface area (Å²) in [5.41, 5.74) is 7.46. The lowest BCUT2D eigenvalue weighted by atomic mass is 9.79. The van der Waals surface area contributed by atoms with Gasteiger partial charge in [0.1, 0.15) is 0 Å². The van der Waals surface area contributed by atoms with Crippen molar-refractivity contribution in [2.24, 2.45) is 11.8 Å². The van der Waals surface area contributed by atoms with E-state index < -0.39 is 0 Å². The van der Waals surface area contributed by atoms with Crippen molar-refractivity contribution in [3.05, 3.63) is 16.9 Å². The summed E-state index contributed by atoms with van der Waals surface area (Å²) in [5.74, 6) is 0.955. The second kappa shape index (κ2) is 6.38. The summed E-state index contributed by atoms with van der Waals surface area (Å²) in [6.45, 7) is 1.15. The molecule has 0 amide bonds. The van der Waals surface area contributed by atoms with E-state index in [9.17, 15) is 5.11 Å². The Morgan fingerprint density at radius 2 is 2.06 bits per heavy atom. The number of aliphatic hydroxyl groups excluding tert-OH is 1. The maximum atomic E-state index is 9.40. The van der Waals surface area contributed by atoms with Crippen LogP contribution in [0.5, 0.6) is 0 Å². The van der Waals surface area contributed by atoms with E-state index in [1.165, 1.54) is 19.3 Å². The summed E-state index contributed by atoms with van der Waals surface area (Å²) in [6, 6.07) is 0. The van der Waals surface area contributed by atoms with E-state index in [4.69, 9.17) is 5.73 Å². The molecule has 2 atom stereocenters. The number of nitrogen functional groups attached to an aromatic ring is 1. The Morgan fingerprint density at radius 1 is 1.33 bits per heavy atom. The third-order valence-electron chi connectivity index (χ3n) is 3.77. The fraction of sp³-hybridized carbons (Fsp3) is 0.615. The Hall–Kier alpha value is -0.810. The topological polar surface area (TPSA) is 71.2 Å². The average Bonchev–Trinajstić information content (AvgIpc) is 2.38. The van der Waals surface area contributed by atoms with Crippen LogP contribution in [0.3, 0.4) is 0 Å². The number of hydrogen-bond donors (Lipinski definition) is 3. The maximum Gasteiger partial charge on any atom is 0.0750 e. The van der Waals surface area contributed by atoms with E-state index >= 15 is 0 Å². The highest BCUT2D eigenvalue weighted by Crippen LogP contribution is 2.32. The molecule has 0 bridgehead atoms. The number of nitrogens with zero attached hydrogens (tertiary/aromatic N) is 1. The predicted molar refractivity (Wildman–Crippen MR) is 77.4 cm³/mol. The number of nitrogens with one attached hydrogen (secondary N) is 1. The smallest absolute Gasteiger partial charge is 0.0750 e. The monoisotopic (exact) mass is 313 g/mol. The Morgan fingerprint density at radius 3 is 2.72 bits per heavy atom. The Labute approximate surface area is 116 Å². The number of rotatable bonds is 4. The molecular weight excluding hydrogens is 294 g/mol. The van der Waals surface area contributed by atoms with Crippen molar-refractivity contribution in [2.75, 3.05) is 24.2 Å². The molecule has 4 nitrogen and oxygen atoms in total. The van der Waals surface area contributed by atoms with E-state index in [0.29, 0.717) is 24.1 Å². The summed E-state index contributed by atoms with van der Waals surface area (Å²) >= 11 is 3.45. The molecular formula is C13H20BrN3O. The highest BCUT2D eigenvalue weighted by molar-refractivity contribution is 9.10. The zero-order chi connectivity index (χ0) is 13.0. The fourth-order valence-electron chi connectivity index (χ4n) is 2.66. The van der Waals surface area contributed by atoms with Crippen LogP contribution in [0.1, 0.15) is 25.7 Å². The first kappa shape index (κ1) is 13.6. The second-order valence-electron chi connectivity index (χ2n) is 4.95. The van der Waals surface area contributed by atoms with Crippen molar-refractivity contribution in [1.82, 2.24) is 4.98 Å². The van der Waals surface area contributed by atoms with E-state index in [1.54, 1.807) is 12.4 Å². The molecule has 0 spiro atoms. The van der Waals surface area contributed by atoms with Gasteiger partial charge in [-0.1, -0.05) is 12.8 Å². The molecule has 100 valence electrons. The molecule has 1 saturated carbocycles. The largest absolute Gasteiger partial charge is 0.396 e. The molecule has 2 unspecified atom stereocenters. The van der Waals surface area contributed by atoms with Crippen LogP contribution in [-0.2, 0) is 0 Å². The van der Waals surface area contributed by atoms with Crippen LogP contribution < -0.4 is 11.1 Å². The van der Waals surface area contributed by atoms with Gasteiger partial charge in [0.15, 0.2) is 0 Å². The summed E-state index contributed by atoms with van der Waals surface area (Å²) < 4.78 is 0.888. The van der Waals surface area contributed by atoms with Crippen molar-refractivity contribution in [3.8, 4) is 0 Å².